The number of nitro groups is 1. The molecule has 0 aliphatic rings. The predicted octanol–water partition coefficient (Wildman–Crippen LogP) is 4.50. The average Bonchev–Trinajstić information content (AvgIpc) is 2.78. The minimum absolute atomic E-state index is 0.0351. The van der Waals surface area contributed by atoms with Gasteiger partial charge in [-0.2, -0.15) is 0 Å². The van der Waals surface area contributed by atoms with Crippen molar-refractivity contribution >= 4 is 17.4 Å². The standard InChI is InChI=1S/C23H19NO7/c1-16-4-2-3-5-22(16)29-15-23(26)30-14-21(25)17-6-10-19(11-7-17)31-20-12-8-18(9-13-20)24(27)28/h2-13H,14-15H2,1H3. The Morgan fingerprint density at radius 2 is 1.48 bits per heavy atom. The van der Waals surface area contributed by atoms with Crippen LogP contribution >= 0.6 is 0 Å². The van der Waals surface area contributed by atoms with Crippen molar-refractivity contribution in [3.8, 4) is 17.2 Å². The van der Waals surface area contributed by atoms with Crippen LogP contribution in [0.15, 0.2) is 72.8 Å². The Kier molecular flexibility index (Phi) is 6.95. The molecule has 3 aromatic carbocycles. The number of esters is 1. The number of Topliss-reactive ketones (excluding diaryl/α,β-unsaturated/α-hetero) is 1. The number of aryl methyl sites for hydroxylation is 1. The van der Waals surface area contributed by atoms with Gasteiger partial charge in [-0.15, -0.1) is 0 Å². The molecule has 0 amide bonds. The molecule has 0 aliphatic heterocycles. The van der Waals surface area contributed by atoms with Gasteiger partial charge >= 0.3 is 5.97 Å². The summed E-state index contributed by atoms with van der Waals surface area (Å²) in [4.78, 5) is 34.2. The number of nitro benzene ring substituents is 1. The number of carbonyl (C=O) groups is 2. The number of ketones is 1. The third kappa shape index (κ3) is 6.14. The van der Waals surface area contributed by atoms with Crippen LogP contribution in [0.4, 0.5) is 5.69 Å². The Labute approximate surface area is 178 Å². The number of hydrogen-bond acceptors (Lipinski definition) is 7. The van der Waals surface area contributed by atoms with E-state index < -0.39 is 17.5 Å². The number of ether oxygens (including phenoxy) is 3. The Hall–Kier alpha value is -4.20. The molecule has 0 saturated carbocycles. The zero-order valence-corrected chi connectivity index (χ0v) is 16.6. The number of para-hydroxylation sites is 1. The van der Waals surface area contributed by atoms with E-state index in [0.717, 1.165) is 5.56 Å². The fourth-order valence-corrected chi connectivity index (χ4v) is 2.61. The number of non-ortho nitro benzene ring substituents is 1. The molecule has 8 heteroatoms. The number of hydrogen-bond donors (Lipinski definition) is 0. The smallest absolute Gasteiger partial charge is 0.344 e. The van der Waals surface area contributed by atoms with Gasteiger partial charge in [0.1, 0.15) is 17.2 Å². The predicted molar refractivity (Wildman–Crippen MR) is 112 cm³/mol. The first-order valence-corrected chi connectivity index (χ1v) is 9.32. The number of carbonyl (C=O) groups excluding carboxylic acids is 2. The van der Waals surface area contributed by atoms with Gasteiger partial charge in [0.2, 0.25) is 0 Å². The molecule has 158 valence electrons. The first kappa shape index (κ1) is 21.5. The molecular weight excluding hydrogens is 402 g/mol. The lowest BCUT2D eigenvalue weighted by Gasteiger charge is -2.09. The van der Waals surface area contributed by atoms with Crippen molar-refractivity contribution in [1.82, 2.24) is 0 Å². The zero-order valence-electron chi connectivity index (χ0n) is 16.6. The topological polar surface area (TPSA) is 105 Å². The van der Waals surface area contributed by atoms with E-state index in [0.29, 0.717) is 22.8 Å². The summed E-state index contributed by atoms with van der Waals surface area (Å²) in [6, 6.07) is 19.2. The maximum atomic E-state index is 12.2. The van der Waals surface area contributed by atoms with Gasteiger partial charge in [0, 0.05) is 17.7 Å². The van der Waals surface area contributed by atoms with Crippen molar-refractivity contribution in [3.05, 3.63) is 94.0 Å². The molecule has 0 spiro atoms. The van der Waals surface area contributed by atoms with Crippen LogP contribution in [0.5, 0.6) is 17.2 Å². The first-order valence-electron chi connectivity index (χ1n) is 9.32. The average molecular weight is 421 g/mol. The molecule has 0 saturated heterocycles. The second-order valence-corrected chi connectivity index (χ2v) is 6.52. The summed E-state index contributed by atoms with van der Waals surface area (Å²) in [7, 11) is 0. The van der Waals surface area contributed by atoms with E-state index in [4.69, 9.17) is 14.2 Å². The van der Waals surface area contributed by atoms with Crippen molar-refractivity contribution in [2.24, 2.45) is 0 Å². The molecule has 8 nitrogen and oxygen atoms in total. The molecule has 3 aromatic rings. The van der Waals surface area contributed by atoms with E-state index in [1.54, 1.807) is 36.4 Å². The van der Waals surface area contributed by atoms with Crippen LogP contribution in [0.3, 0.4) is 0 Å². The van der Waals surface area contributed by atoms with E-state index in [9.17, 15) is 19.7 Å². The van der Waals surface area contributed by atoms with Gasteiger partial charge in [-0.05, 0) is 55.0 Å². The van der Waals surface area contributed by atoms with E-state index in [1.807, 2.05) is 19.1 Å². The zero-order chi connectivity index (χ0) is 22.2. The lowest BCUT2D eigenvalue weighted by molar-refractivity contribution is -0.384. The van der Waals surface area contributed by atoms with E-state index >= 15 is 0 Å². The quantitative estimate of drug-likeness (QED) is 0.217. The van der Waals surface area contributed by atoms with Crippen molar-refractivity contribution < 1.29 is 28.7 Å². The summed E-state index contributed by atoms with van der Waals surface area (Å²) < 4.78 is 16.0. The Bertz CT molecular complexity index is 1080. The molecule has 0 atom stereocenters. The van der Waals surface area contributed by atoms with Crippen LogP contribution < -0.4 is 9.47 Å². The fraction of sp³-hybridized carbons (Fsp3) is 0.130. The van der Waals surface area contributed by atoms with Crippen LogP contribution in [-0.2, 0) is 9.53 Å². The van der Waals surface area contributed by atoms with E-state index in [2.05, 4.69) is 0 Å². The van der Waals surface area contributed by atoms with Crippen LogP contribution in [0.2, 0.25) is 0 Å². The van der Waals surface area contributed by atoms with Crippen LogP contribution in [0.1, 0.15) is 15.9 Å². The minimum Gasteiger partial charge on any atom is -0.482 e. The summed E-state index contributed by atoms with van der Waals surface area (Å²) in [6.45, 7) is 1.16. The van der Waals surface area contributed by atoms with E-state index in [1.165, 1.54) is 24.3 Å². The van der Waals surface area contributed by atoms with Gasteiger partial charge in [0.25, 0.3) is 5.69 Å². The third-order valence-electron chi connectivity index (χ3n) is 4.26. The van der Waals surface area contributed by atoms with Gasteiger partial charge in [-0.1, -0.05) is 18.2 Å². The van der Waals surface area contributed by atoms with Gasteiger partial charge in [0.15, 0.2) is 19.0 Å². The lowest BCUT2D eigenvalue weighted by atomic mass is 10.1. The highest BCUT2D eigenvalue weighted by Gasteiger charge is 2.12. The second kappa shape index (κ2) is 10.0. The molecule has 0 aliphatic carbocycles. The second-order valence-electron chi connectivity index (χ2n) is 6.52. The van der Waals surface area contributed by atoms with Crippen molar-refractivity contribution in [2.75, 3.05) is 13.2 Å². The number of rotatable bonds is 9. The van der Waals surface area contributed by atoms with Gasteiger partial charge in [-0.25, -0.2) is 4.79 Å². The molecule has 3 rings (SSSR count). The number of nitrogens with zero attached hydrogens (tertiary/aromatic N) is 1. The molecular formula is C23H19NO7. The Morgan fingerprint density at radius 1 is 0.871 bits per heavy atom. The SMILES string of the molecule is Cc1ccccc1OCC(=O)OCC(=O)c1ccc(Oc2ccc([N+](=O)[O-])cc2)cc1. The molecule has 0 unspecified atom stereocenters. The van der Waals surface area contributed by atoms with Gasteiger partial charge in [0.05, 0.1) is 4.92 Å². The summed E-state index contributed by atoms with van der Waals surface area (Å²) in [5.74, 6) is 0.441. The van der Waals surface area contributed by atoms with Crippen molar-refractivity contribution in [3.63, 3.8) is 0 Å². The maximum absolute atomic E-state index is 12.2. The van der Waals surface area contributed by atoms with Crippen LogP contribution in [-0.4, -0.2) is 29.9 Å². The minimum atomic E-state index is -0.644. The molecule has 0 radical (unpaired) electrons. The highest BCUT2D eigenvalue weighted by molar-refractivity contribution is 5.98. The fourth-order valence-electron chi connectivity index (χ4n) is 2.61. The molecule has 31 heavy (non-hydrogen) atoms. The first-order chi connectivity index (χ1) is 14.9. The molecule has 0 aromatic heterocycles. The number of benzene rings is 3. The Balaban J connectivity index is 1.47. The highest BCUT2D eigenvalue weighted by Crippen LogP contribution is 2.24. The van der Waals surface area contributed by atoms with E-state index in [-0.39, 0.29) is 18.1 Å². The molecule has 0 heterocycles. The monoisotopic (exact) mass is 421 g/mol. The van der Waals surface area contributed by atoms with Crippen molar-refractivity contribution in [2.45, 2.75) is 6.92 Å². The maximum Gasteiger partial charge on any atom is 0.344 e. The van der Waals surface area contributed by atoms with Crippen LogP contribution in [0.25, 0.3) is 0 Å². The largest absolute Gasteiger partial charge is 0.482 e. The summed E-state index contributed by atoms with van der Waals surface area (Å²) in [5, 5.41) is 10.7. The third-order valence-corrected chi connectivity index (χ3v) is 4.26. The molecule has 0 bridgehead atoms. The summed E-state index contributed by atoms with van der Waals surface area (Å²) in [5.41, 5.74) is 1.21. The normalized spacial score (nSPS) is 10.2. The summed E-state index contributed by atoms with van der Waals surface area (Å²) >= 11 is 0. The molecule has 0 N–H and O–H groups in total. The Morgan fingerprint density at radius 3 is 2.10 bits per heavy atom. The van der Waals surface area contributed by atoms with Gasteiger partial charge < -0.3 is 14.2 Å². The molecule has 0 fully saturated rings. The summed E-state index contributed by atoms with van der Waals surface area (Å²) in [6.07, 6.45) is 0. The highest BCUT2D eigenvalue weighted by atomic mass is 16.6. The lowest BCUT2D eigenvalue weighted by Crippen LogP contribution is -2.19. The van der Waals surface area contributed by atoms with Crippen molar-refractivity contribution in [1.29, 1.82) is 0 Å². The van der Waals surface area contributed by atoms with Crippen LogP contribution in [0, 0.1) is 17.0 Å². The van der Waals surface area contributed by atoms with Gasteiger partial charge in [-0.3, -0.25) is 14.9 Å².